The number of hydrogen-bond acceptors (Lipinski definition) is 5. The molecule has 2 aromatic heterocycles. The summed E-state index contributed by atoms with van der Waals surface area (Å²) in [6.45, 7) is 0.471. The molecule has 0 bridgehead atoms. The molecule has 0 saturated heterocycles. The molecule has 0 saturated carbocycles. The number of thiophene rings is 1. The second-order valence-corrected chi connectivity index (χ2v) is 6.21. The quantitative estimate of drug-likeness (QED) is 0.776. The summed E-state index contributed by atoms with van der Waals surface area (Å²) in [5.74, 6) is -0.675. The highest BCUT2D eigenvalue weighted by Crippen LogP contribution is 2.35. The Balaban J connectivity index is 1.75. The first kappa shape index (κ1) is 14.0. The van der Waals surface area contributed by atoms with Crippen molar-refractivity contribution in [3.8, 4) is 0 Å². The van der Waals surface area contributed by atoms with Gasteiger partial charge in [0.15, 0.2) is 0 Å². The van der Waals surface area contributed by atoms with Gasteiger partial charge in [0.1, 0.15) is 10.7 Å². The Kier molecular flexibility index (Phi) is 3.85. The van der Waals surface area contributed by atoms with E-state index in [-0.39, 0.29) is 11.6 Å². The number of halogens is 1. The Morgan fingerprint density at radius 1 is 1.43 bits per heavy atom. The average Bonchev–Trinajstić information content (AvgIpc) is 3.08. The molecule has 0 aliphatic rings. The number of aromatic nitrogens is 1. The summed E-state index contributed by atoms with van der Waals surface area (Å²) in [6, 6.07) is 4.71. The minimum Gasteiger partial charge on any atom is -0.397 e. The Labute approximate surface area is 128 Å². The molecular weight excluding hydrogens is 309 g/mol. The maximum absolute atomic E-state index is 13.7. The molecule has 4 nitrogen and oxygen atoms in total. The SMILES string of the molecule is Nc1c(C(=O)NCCc2cscn2)sc2cccc(F)c12. The summed E-state index contributed by atoms with van der Waals surface area (Å²) in [6.07, 6.45) is 0.661. The van der Waals surface area contributed by atoms with Crippen LogP contribution >= 0.6 is 22.7 Å². The van der Waals surface area contributed by atoms with E-state index in [2.05, 4.69) is 10.3 Å². The van der Waals surface area contributed by atoms with Crippen LogP contribution in [0.3, 0.4) is 0 Å². The second kappa shape index (κ2) is 5.79. The Morgan fingerprint density at radius 2 is 2.29 bits per heavy atom. The average molecular weight is 321 g/mol. The number of fused-ring (bicyclic) bond motifs is 1. The molecule has 3 rings (SSSR count). The lowest BCUT2D eigenvalue weighted by atomic mass is 10.2. The van der Waals surface area contributed by atoms with Gasteiger partial charge in [-0.15, -0.1) is 22.7 Å². The lowest BCUT2D eigenvalue weighted by Gasteiger charge is -2.03. The van der Waals surface area contributed by atoms with Crippen molar-refractivity contribution < 1.29 is 9.18 Å². The van der Waals surface area contributed by atoms with E-state index in [1.54, 1.807) is 17.6 Å². The number of nitrogens with zero attached hydrogens (tertiary/aromatic N) is 1. The van der Waals surface area contributed by atoms with Crippen LogP contribution in [0.1, 0.15) is 15.4 Å². The highest BCUT2D eigenvalue weighted by Gasteiger charge is 2.18. The van der Waals surface area contributed by atoms with Crippen molar-refractivity contribution in [1.29, 1.82) is 0 Å². The molecule has 7 heteroatoms. The van der Waals surface area contributed by atoms with Gasteiger partial charge in [-0.05, 0) is 12.1 Å². The fraction of sp³-hybridized carbons (Fsp3) is 0.143. The summed E-state index contributed by atoms with van der Waals surface area (Å²) in [7, 11) is 0. The zero-order valence-electron chi connectivity index (χ0n) is 10.9. The van der Waals surface area contributed by atoms with Crippen LogP contribution in [-0.4, -0.2) is 17.4 Å². The van der Waals surface area contributed by atoms with Crippen LogP contribution in [0.5, 0.6) is 0 Å². The molecule has 3 aromatic rings. The normalized spacial score (nSPS) is 10.9. The number of nitrogens with one attached hydrogen (secondary N) is 1. The first-order valence-corrected chi connectivity index (χ1v) is 8.04. The molecule has 0 atom stereocenters. The second-order valence-electron chi connectivity index (χ2n) is 4.44. The van der Waals surface area contributed by atoms with Gasteiger partial charge in [-0.3, -0.25) is 4.79 Å². The zero-order chi connectivity index (χ0) is 14.8. The topological polar surface area (TPSA) is 68.0 Å². The molecule has 1 amide bonds. The Hall–Kier alpha value is -1.99. The third kappa shape index (κ3) is 2.74. The van der Waals surface area contributed by atoms with E-state index >= 15 is 0 Å². The highest BCUT2D eigenvalue weighted by molar-refractivity contribution is 7.21. The standard InChI is InChI=1S/C14H12FN3OS2/c15-9-2-1-3-10-11(9)12(16)13(21-10)14(19)17-5-4-8-6-20-7-18-8/h1-3,6-7H,4-5,16H2,(H,17,19). The molecule has 21 heavy (non-hydrogen) atoms. The molecule has 108 valence electrons. The molecule has 2 heterocycles. The van der Waals surface area contributed by atoms with Gasteiger partial charge in [-0.2, -0.15) is 0 Å². The molecule has 0 aliphatic heterocycles. The monoisotopic (exact) mass is 321 g/mol. The van der Waals surface area contributed by atoms with Gasteiger partial charge in [0.2, 0.25) is 0 Å². The number of anilines is 1. The maximum Gasteiger partial charge on any atom is 0.263 e. The first-order chi connectivity index (χ1) is 10.2. The number of carbonyl (C=O) groups is 1. The van der Waals surface area contributed by atoms with E-state index in [0.717, 1.165) is 5.69 Å². The number of amides is 1. The number of thiazole rings is 1. The van der Waals surface area contributed by atoms with Crippen molar-refractivity contribution in [3.63, 3.8) is 0 Å². The third-order valence-electron chi connectivity index (χ3n) is 3.06. The third-order valence-corrected chi connectivity index (χ3v) is 4.86. The highest BCUT2D eigenvalue weighted by atomic mass is 32.1. The molecular formula is C14H12FN3OS2. The number of nitrogens with two attached hydrogens (primary N) is 1. The molecule has 0 spiro atoms. The zero-order valence-corrected chi connectivity index (χ0v) is 12.6. The smallest absolute Gasteiger partial charge is 0.263 e. The predicted octanol–water partition coefficient (Wildman–Crippen LogP) is 3.05. The van der Waals surface area contributed by atoms with E-state index in [9.17, 15) is 9.18 Å². The molecule has 0 aliphatic carbocycles. The van der Waals surface area contributed by atoms with Gasteiger partial charge < -0.3 is 11.1 Å². The van der Waals surface area contributed by atoms with Gasteiger partial charge in [-0.1, -0.05) is 6.07 Å². The van der Waals surface area contributed by atoms with E-state index in [1.807, 2.05) is 5.38 Å². The van der Waals surface area contributed by atoms with Crippen molar-refractivity contribution in [2.45, 2.75) is 6.42 Å². The van der Waals surface area contributed by atoms with E-state index in [4.69, 9.17) is 5.73 Å². The van der Waals surface area contributed by atoms with E-state index in [0.29, 0.717) is 27.9 Å². The van der Waals surface area contributed by atoms with Gasteiger partial charge >= 0.3 is 0 Å². The van der Waals surface area contributed by atoms with Crippen LogP contribution in [0.15, 0.2) is 29.1 Å². The molecule has 0 fully saturated rings. The van der Waals surface area contributed by atoms with Crippen molar-refractivity contribution in [3.05, 3.63) is 45.5 Å². The van der Waals surface area contributed by atoms with Crippen molar-refractivity contribution in [2.24, 2.45) is 0 Å². The van der Waals surface area contributed by atoms with Gasteiger partial charge in [0.25, 0.3) is 5.91 Å². The largest absolute Gasteiger partial charge is 0.397 e. The maximum atomic E-state index is 13.7. The van der Waals surface area contributed by atoms with E-state index in [1.165, 1.54) is 28.7 Å². The minimum atomic E-state index is -0.400. The fourth-order valence-corrected chi connectivity index (χ4v) is 3.69. The molecule has 0 radical (unpaired) electrons. The van der Waals surface area contributed by atoms with Crippen molar-refractivity contribution in [1.82, 2.24) is 10.3 Å². The van der Waals surface area contributed by atoms with Crippen LogP contribution in [0.25, 0.3) is 10.1 Å². The number of carbonyl (C=O) groups excluding carboxylic acids is 1. The summed E-state index contributed by atoms with van der Waals surface area (Å²) < 4.78 is 14.4. The van der Waals surface area contributed by atoms with Gasteiger partial charge in [0, 0.05) is 23.0 Å². The van der Waals surface area contributed by atoms with Crippen LogP contribution in [0, 0.1) is 5.82 Å². The van der Waals surface area contributed by atoms with E-state index < -0.39 is 5.82 Å². The summed E-state index contributed by atoms with van der Waals surface area (Å²) >= 11 is 2.72. The Morgan fingerprint density at radius 3 is 3.00 bits per heavy atom. The summed E-state index contributed by atoms with van der Waals surface area (Å²) in [5, 5.41) is 5.06. The number of rotatable bonds is 4. The number of nitrogen functional groups attached to an aromatic ring is 1. The summed E-state index contributed by atoms with van der Waals surface area (Å²) in [4.78, 5) is 16.7. The lowest BCUT2D eigenvalue weighted by molar-refractivity contribution is 0.0959. The molecule has 3 N–H and O–H groups in total. The van der Waals surface area contributed by atoms with Crippen molar-refractivity contribution >= 4 is 44.4 Å². The fourth-order valence-electron chi connectivity index (χ4n) is 2.04. The van der Waals surface area contributed by atoms with Crippen LogP contribution in [-0.2, 0) is 6.42 Å². The number of benzene rings is 1. The van der Waals surface area contributed by atoms with Crippen molar-refractivity contribution in [2.75, 3.05) is 12.3 Å². The first-order valence-electron chi connectivity index (χ1n) is 6.28. The van der Waals surface area contributed by atoms with Crippen LogP contribution in [0.4, 0.5) is 10.1 Å². The van der Waals surface area contributed by atoms with Crippen LogP contribution < -0.4 is 11.1 Å². The minimum absolute atomic E-state index is 0.208. The van der Waals surface area contributed by atoms with Gasteiger partial charge in [0.05, 0.1) is 22.3 Å². The molecule has 1 aromatic carbocycles. The molecule has 0 unspecified atom stereocenters. The Bertz CT molecular complexity index is 783. The summed E-state index contributed by atoms with van der Waals surface area (Å²) in [5.41, 5.74) is 8.81. The van der Waals surface area contributed by atoms with Crippen LogP contribution in [0.2, 0.25) is 0 Å². The predicted molar refractivity (Wildman–Crippen MR) is 84.3 cm³/mol. The lowest BCUT2D eigenvalue weighted by Crippen LogP contribution is -2.25. The number of hydrogen-bond donors (Lipinski definition) is 2. The van der Waals surface area contributed by atoms with Gasteiger partial charge in [-0.25, -0.2) is 9.37 Å².